The van der Waals surface area contributed by atoms with Crippen molar-refractivity contribution in [2.75, 3.05) is 12.3 Å². The summed E-state index contributed by atoms with van der Waals surface area (Å²) in [6.07, 6.45) is 1.27. The Hall–Kier alpha value is -1.52. The molecule has 1 aromatic rings. The molecule has 1 aliphatic rings. The van der Waals surface area contributed by atoms with Crippen LogP contribution in [0, 0.1) is 0 Å². The topological polar surface area (TPSA) is 72.4 Å². The second kappa shape index (κ2) is 3.32. The van der Waals surface area contributed by atoms with Crippen LogP contribution >= 0.6 is 0 Å². The van der Waals surface area contributed by atoms with Crippen molar-refractivity contribution in [1.82, 2.24) is 10.1 Å². The predicted octanol–water partition coefficient (Wildman–Crippen LogP) is 0.552. The fraction of sp³-hybridized carbons (Fsp3) is 0.556. The van der Waals surface area contributed by atoms with E-state index in [1.165, 1.54) is 0 Å². The number of nitrogens with zero attached hydrogens (tertiary/aromatic N) is 2. The number of carbonyl (C=O) groups excluding carboxylic acids is 1. The first kappa shape index (κ1) is 9.05. The Morgan fingerprint density at radius 2 is 2.50 bits per heavy atom. The van der Waals surface area contributed by atoms with Gasteiger partial charge >= 0.3 is 0 Å². The molecule has 2 heterocycles. The highest BCUT2D eigenvalue weighted by Crippen LogP contribution is 2.23. The molecule has 0 radical (unpaired) electrons. The van der Waals surface area contributed by atoms with Crippen LogP contribution in [0.3, 0.4) is 0 Å². The van der Waals surface area contributed by atoms with Gasteiger partial charge in [-0.25, -0.2) is 0 Å². The van der Waals surface area contributed by atoms with Gasteiger partial charge in [-0.05, 0) is 0 Å². The zero-order chi connectivity index (χ0) is 10.1. The van der Waals surface area contributed by atoms with Crippen molar-refractivity contribution in [1.29, 1.82) is 0 Å². The second-order valence-electron chi connectivity index (χ2n) is 3.39. The number of nitrogens with two attached hydrogens (primary N) is 1. The summed E-state index contributed by atoms with van der Waals surface area (Å²) in [6.45, 7) is 3.11. The number of hydrogen-bond acceptors (Lipinski definition) is 4. The van der Waals surface area contributed by atoms with Crippen LogP contribution in [0.25, 0.3) is 0 Å². The van der Waals surface area contributed by atoms with E-state index in [4.69, 9.17) is 10.3 Å². The Labute approximate surface area is 81.8 Å². The molecule has 0 unspecified atom stereocenters. The molecule has 0 saturated carbocycles. The number of carbonyl (C=O) groups is 1. The minimum absolute atomic E-state index is 0.149. The predicted molar refractivity (Wildman–Crippen MR) is 50.3 cm³/mol. The maximum absolute atomic E-state index is 11.4. The lowest BCUT2D eigenvalue weighted by Crippen LogP contribution is -2.35. The molecule has 76 valence electrons. The maximum atomic E-state index is 11.4. The van der Waals surface area contributed by atoms with Gasteiger partial charge in [0.15, 0.2) is 0 Å². The summed E-state index contributed by atoms with van der Waals surface area (Å²) in [4.78, 5) is 13.2. The molecule has 1 aromatic heterocycles. The minimum Gasteiger partial charge on any atom is -0.367 e. The molecular formula is C9H13N3O2. The Balaban J connectivity index is 2.20. The molecule has 0 fully saturated rings. The van der Waals surface area contributed by atoms with E-state index in [1.54, 1.807) is 4.90 Å². The summed E-state index contributed by atoms with van der Waals surface area (Å²) in [6, 6.07) is 0. The Morgan fingerprint density at radius 1 is 1.71 bits per heavy atom. The number of fused-ring (bicyclic) bond motifs is 1. The molecule has 0 bridgehead atoms. The summed E-state index contributed by atoms with van der Waals surface area (Å²) in [7, 11) is 0. The van der Waals surface area contributed by atoms with E-state index in [1.807, 2.05) is 6.92 Å². The molecule has 0 atom stereocenters. The van der Waals surface area contributed by atoms with Crippen LogP contribution in [-0.4, -0.2) is 22.5 Å². The fourth-order valence-corrected chi connectivity index (χ4v) is 1.67. The largest absolute Gasteiger partial charge is 0.367 e. The molecule has 5 nitrogen and oxygen atoms in total. The summed E-state index contributed by atoms with van der Waals surface area (Å²) < 4.78 is 4.87. The van der Waals surface area contributed by atoms with E-state index in [0.717, 1.165) is 17.7 Å². The molecule has 5 heteroatoms. The summed E-state index contributed by atoms with van der Waals surface area (Å²) in [5.74, 6) is 0.491. The van der Waals surface area contributed by atoms with Crippen LogP contribution in [0.2, 0.25) is 0 Å². The number of hydrogen-bond donors (Lipinski definition) is 1. The van der Waals surface area contributed by atoms with Crippen molar-refractivity contribution in [3.8, 4) is 0 Å². The smallest absolute Gasteiger partial charge is 0.227 e. The number of aromatic nitrogens is 1. The molecule has 14 heavy (non-hydrogen) atoms. The molecule has 1 aliphatic heterocycles. The van der Waals surface area contributed by atoms with Crippen molar-refractivity contribution in [3.05, 3.63) is 11.3 Å². The lowest BCUT2D eigenvalue weighted by atomic mass is 10.1. The summed E-state index contributed by atoms with van der Waals surface area (Å²) in [5, 5.41) is 3.84. The summed E-state index contributed by atoms with van der Waals surface area (Å²) >= 11 is 0. The summed E-state index contributed by atoms with van der Waals surface area (Å²) in [5.41, 5.74) is 7.36. The average Bonchev–Trinajstić information content (AvgIpc) is 2.59. The van der Waals surface area contributed by atoms with Gasteiger partial charge in [-0.3, -0.25) is 4.79 Å². The molecule has 0 aromatic carbocycles. The minimum atomic E-state index is 0.149. The molecule has 0 aliphatic carbocycles. The van der Waals surface area contributed by atoms with Gasteiger partial charge in [0.05, 0.1) is 17.8 Å². The highest BCUT2D eigenvalue weighted by molar-refractivity contribution is 5.76. The van der Waals surface area contributed by atoms with Crippen LogP contribution in [0.15, 0.2) is 4.52 Å². The van der Waals surface area contributed by atoms with Gasteiger partial charge in [0.1, 0.15) is 0 Å². The Morgan fingerprint density at radius 3 is 3.21 bits per heavy atom. The second-order valence-corrected chi connectivity index (χ2v) is 3.39. The third kappa shape index (κ3) is 1.34. The van der Waals surface area contributed by atoms with Gasteiger partial charge in [-0.1, -0.05) is 12.1 Å². The van der Waals surface area contributed by atoms with Crippen molar-refractivity contribution in [3.63, 3.8) is 0 Å². The van der Waals surface area contributed by atoms with E-state index >= 15 is 0 Å². The van der Waals surface area contributed by atoms with Gasteiger partial charge < -0.3 is 15.2 Å². The number of rotatable bonds is 1. The standard InChI is InChI=1S/C9H13N3O2/c1-2-8(13)12-4-3-7-6(5-12)9(10)14-11-7/h2-5,10H2,1H3. The number of anilines is 1. The highest BCUT2D eigenvalue weighted by Gasteiger charge is 2.24. The van der Waals surface area contributed by atoms with Crippen LogP contribution in [-0.2, 0) is 17.8 Å². The number of nitrogen functional groups attached to an aromatic ring is 1. The molecule has 1 amide bonds. The lowest BCUT2D eigenvalue weighted by Gasteiger charge is -2.25. The van der Waals surface area contributed by atoms with E-state index in [2.05, 4.69) is 5.16 Å². The zero-order valence-electron chi connectivity index (χ0n) is 8.12. The van der Waals surface area contributed by atoms with Crippen molar-refractivity contribution < 1.29 is 9.32 Å². The molecule has 2 rings (SSSR count). The fourth-order valence-electron chi connectivity index (χ4n) is 1.67. The van der Waals surface area contributed by atoms with Crippen molar-refractivity contribution in [2.45, 2.75) is 26.3 Å². The van der Waals surface area contributed by atoms with Gasteiger partial charge in [0.2, 0.25) is 11.8 Å². The Kier molecular flexibility index (Phi) is 2.15. The first-order valence-electron chi connectivity index (χ1n) is 4.73. The van der Waals surface area contributed by atoms with Crippen LogP contribution < -0.4 is 5.73 Å². The average molecular weight is 195 g/mol. The molecule has 0 saturated heterocycles. The molecule has 0 spiro atoms. The SMILES string of the molecule is CCC(=O)N1CCc2noc(N)c2C1. The van der Waals surface area contributed by atoms with Gasteiger partial charge in [0, 0.05) is 19.4 Å². The quantitative estimate of drug-likeness (QED) is 0.710. The third-order valence-corrected chi connectivity index (χ3v) is 2.52. The van der Waals surface area contributed by atoms with Crippen molar-refractivity contribution in [2.24, 2.45) is 0 Å². The van der Waals surface area contributed by atoms with E-state index < -0.39 is 0 Å². The van der Waals surface area contributed by atoms with E-state index in [9.17, 15) is 4.79 Å². The van der Waals surface area contributed by atoms with E-state index in [-0.39, 0.29) is 5.91 Å². The van der Waals surface area contributed by atoms with Crippen LogP contribution in [0.4, 0.5) is 5.88 Å². The van der Waals surface area contributed by atoms with E-state index in [0.29, 0.717) is 25.4 Å². The highest BCUT2D eigenvalue weighted by atomic mass is 16.5. The van der Waals surface area contributed by atoms with Gasteiger partial charge in [-0.2, -0.15) is 0 Å². The maximum Gasteiger partial charge on any atom is 0.227 e. The first-order chi connectivity index (χ1) is 6.72. The van der Waals surface area contributed by atoms with Gasteiger partial charge in [0.25, 0.3) is 0 Å². The monoisotopic (exact) mass is 195 g/mol. The lowest BCUT2D eigenvalue weighted by molar-refractivity contribution is -0.131. The normalized spacial score (nSPS) is 15.4. The van der Waals surface area contributed by atoms with Crippen LogP contribution in [0.5, 0.6) is 0 Å². The van der Waals surface area contributed by atoms with Gasteiger partial charge in [-0.15, -0.1) is 0 Å². The zero-order valence-corrected chi connectivity index (χ0v) is 8.12. The van der Waals surface area contributed by atoms with Crippen LogP contribution in [0.1, 0.15) is 24.6 Å². The molecule has 2 N–H and O–H groups in total. The number of amides is 1. The Bertz CT molecular complexity index is 359. The third-order valence-electron chi connectivity index (χ3n) is 2.52. The molecular weight excluding hydrogens is 182 g/mol. The first-order valence-corrected chi connectivity index (χ1v) is 4.73. The van der Waals surface area contributed by atoms with Crippen molar-refractivity contribution >= 4 is 11.8 Å².